The van der Waals surface area contributed by atoms with Gasteiger partial charge in [0.2, 0.25) is 0 Å². The van der Waals surface area contributed by atoms with Gasteiger partial charge in [-0.05, 0) is 17.5 Å². The first kappa shape index (κ1) is 17.0. The Kier molecular flexibility index (Phi) is 5.76. The zero-order valence-electron chi connectivity index (χ0n) is 13.2. The highest BCUT2D eigenvalue weighted by atomic mass is 16.4. The zero-order valence-corrected chi connectivity index (χ0v) is 13.2. The number of nitrogens with zero attached hydrogens (tertiary/aromatic N) is 2. The number of carboxylic acids is 1. The lowest BCUT2D eigenvalue weighted by Crippen LogP contribution is -2.45. The first-order valence-corrected chi connectivity index (χ1v) is 7.00. The second-order valence-electron chi connectivity index (χ2n) is 6.33. The minimum atomic E-state index is -0.915. The van der Waals surface area contributed by atoms with E-state index in [1.165, 1.54) is 4.90 Å². The predicted octanol–water partition coefficient (Wildman–Crippen LogP) is 3.07. The third-order valence-electron chi connectivity index (χ3n) is 2.89. The van der Waals surface area contributed by atoms with Crippen LogP contribution in [0.2, 0.25) is 0 Å². The summed E-state index contributed by atoms with van der Waals surface area (Å²) in [5.41, 5.74) is 0.698. The summed E-state index contributed by atoms with van der Waals surface area (Å²) in [6.07, 6.45) is -0.0794. The van der Waals surface area contributed by atoms with Gasteiger partial charge >= 0.3 is 12.0 Å². The molecule has 5 nitrogen and oxygen atoms in total. The van der Waals surface area contributed by atoms with Crippen LogP contribution in [0.4, 0.5) is 10.5 Å². The molecule has 0 aliphatic rings. The fourth-order valence-electron chi connectivity index (χ4n) is 2.14. The lowest BCUT2D eigenvalue weighted by molar-refractivity contribution is -0.136. The summed E-state index contributed by atoms with van der Waals surface area (Å²) in [4.78, 5) is 26.5. The van der Waals surface area contributed by atoms with E-state index in [0.717, 1.165) is 0 Å². The number of anilines is 1. The van der Waals surface area contributed by atoms with Crippen molar-refractivity contribution >= 4 is 17.7 Å². The van der Waals surface area contributed by atoms with Crippen LogP contribution >= 0.6 is 0 Å². The number of aliphatic carboxylic acids is 1. The lowest BCUT2D eigenvalue weighted by Gasteiger charge is -2.32. The molecule has 2 amide bonds. The normalized spacial score (nSPS) is 11.0. The molecule has 0 bridgehead atoms. The number of hydrogen-bond donors (Lipinski definition) is 1. The molecule has 0 unspecified atom stereocenters. The van der Waals surface area contributed by atoms with Crippen molar-refractivity contribution in [1.29, 1.82) is 0 Å². The summed E-state index contributed by atoms with van der Waals surface area (Å²) in [5.74, 6) is -0.915. The molecule has 1 rings (SSSR count). The van der Waals surface area contributed by atoms with Gasteiger partial charge in [-0.3, -0.25) is 9.69 Å². The molecule has 0 radical (unpaired) electrons. The standard InChI is InChI=1S/C16H24N2O3/c1-16(2,3)12-17(4)15(21)18(11-10-14(19)20)13-8-6-5-7-9-13/h5-9H,10-12H2,1-4H3,(H,19,20). The molecule has 1 aromatic rings. The average molecular weight is 292 g/mol. The number of urea groups is 1. The number of carbonyl (C=O) groups is 2. The Bertz CT molecular complexity index is 480. The minimum Gasteiger partial charge on any atom is -0.481 e. The van der Waals surface area contributed by atoms with Crippen LogP contribution in [-0.4, -0.2) is 42.1 Å². The van der Waals surface area contributed by atoms with Crippen LogP contribution in [0.1, 0.15) is 27.2 Å². The average Bonchev–Trinajstić information content (AvgIpc) is 2.37. The van der Waals surface area contributed by atoms with Crippen molar-refractivity contribution in [3.8, 4) is 0 Å². The third kappa shape index (κ3) is 5.85. The Morgan fingerprint density at radius 2 is 1.71 bits per heavy atom. The first-order chi connectivity index (χ1) is 9.70. The van der Waals surface area contributed by atoms with Crippen molar-refractivity contribution in [2.24, 2.45) is 5.41 Å². The molecule has 0 spiro atoms. The molecule has 0 saturated heterocycles. The van der Waals surface area contributed by atoms with E-state index in [1.54, 1.807) is 11.9 Å². The van der Waals surface area contributed by atoms with E-state index in [-0.39, 0.29) is 24.4 Å². The van der Waals surface area contributed by atoms with E-state index in [0.29, 0.717) is 12.2 Å². The van der Waals surface area contributed by atoms with Gasteiger partial charge in [0.15, 0.2) is 0 Å². The molecule has 0 aliphatic carbocycles. The summed E-state index contributed by atoms with van der Waals surface area (Å²) in [5, 5.41) is 8.86. The Morgan fingerprint density at radius 1 is 1.14 bits per heavy atom. The van der Waals surface area contributed by atoms with E-state index in [2.05, 4.69) is 20.8 Å². The molecule has 0 aromatic heterocycles. The van der Waals surface area contributed by atoms with Crippen LogP contribution in [-0.2, 0) is 4.79 Å². The maximum atomic E-state index is 12.6. The zero-order chi connectivity index (χ0) is 16.0. The lowest BCUT2D eigenvalue weighted by atomic mass is 9.96. The van der Waals surface area contributed by atoms with Crippen LogP contribution in [0.15, 0.2) is 30.3 Å². The number of para-hydroxylation sites is 1. The Labute approximate surface area is 126 Å². The maximum Gasteiger partial charge on any atom is 0.324 e. The second kappa shape index (κ2) is 7.11. The molecular formula is C16H24N2O3. The monoisotopic (exact) mass is 292 g/mol. The van der Waals surface area contributed by atoms with E-state index in [9.17, 15) is 9.59 Å². The van der Waals surface area contributed by atoms with Crippen LogP contribution < -0.4 is 4.90 Å². The van der Waals surface area contributed by atoms with Gasteiger partial charge in [-0.15, -0.1) is 0 Å². The van der Waals surface area contributed by atoms with Crippen molar-refractivity contribution in [2.75, 3.05) is 25.0 Å². The van der Waals surface area contributed by atoms with Crippen LogP contribution in [0.25, 0.3) is 0 Å². The fourth-order valence-corrected chi connectivity index (χ4v) is 2.14. The van der Waals surface area contributed by atoms with Gasteiger partial charge < -0.3 is 10.0 Å². The molecule has 0 heterocycles. The highest BCUT2D eigenvalue weighted by Crippen LogP contribution is 2.19. The smallest absolute Gasteiger partial charge is 0.324 e. The molecule has 0 atom stereocenters. The summed E-state index contributed by atoms with van der Waals surface area (Å²) in [7, 11) is 1.74. The van der Waals surface area contributed by atoms with Gasteiger partial charge in [-0.1, -0.05) is 39.0 Å². The van der Waals surface area contributed by atoms with Gasteiger partial charge in [-0.2, -0.15) is 0 Å². The number of rotatable bonds is 5. The number of benzene rings is 1. The van der Waals surface area contributed by atoms with Crippen molar-refractivity contribution in [1.82, 2.24) is 4.90 Å². The highest BCUT2D eigenvalue weighted by molar-refractivity contribution is 5.92. The Balaban J connectivity index is 2.90. The molecule has 0 aliphatic heterocycles. The van der Waals surface area contributed by atoms with Crippen molar-refractivity contribution < 1.29 is 14.7 Å². The van der Waals surface area contributed by atoms with E-state index < -0.39 is 5.97 Å². The van der Waals surface area contributed by atoms with Gasteiger partial charge in [0.25, 0.3) is 0 Å². The quantitative estimate of drug-likeness (QED) is 0.907. The molecule has 0 fully saturated rings. The Hall–Kier alpha value is -2.04. The van der Waals surface area contributed by atoms with Crippen LogP contribution in [0.5, 0.6) is 0 Å². The molecule has 0 saturated carbocycles. The number of amides is 2. The number of carboxylic acid groups (broad SMARTS) is 1. The molecule has 1 N–H and O–H groups in total. The SMILES string of the molecule is CN(CC(C)(C)C)C(=O)N(CCC(=O)O)c1ccccc1. The third-order valence-corrected chi connectivity index (χ3v) is 2.89. The molecule has 21 heavy (non-hydrogen) atoms. The molecule has 5 heteroatoms. The van der Waals surface area contributed by atoms with Crippen molar-refractivity contribution in [3.63, 3.8) is 0 Å². The van der Waals surface area contributed by atoms with Gasteiger partial charge in [0, 0.05) is 25.8 Å². The van der Waals surface area contributed by atoms with Crippen molar-refractivity contribution in [2.45, 2.75) is 27.2 Å². The van der Waals surface area contributed by atoms with Crippen molar-refractivity contribution in [3.05, 3.63) is 30.3 Å². The summed E-state index contributed by atoms with van der Waals surface area (Å²) in [6.45, 7) is 6.93. The largest absolute Gasteiger partial charge is 0.481 e. The molecule has 116 valence electrons. The molecule has 1 aromatic carbocycles. The summed E-state index contributed by atoms with van der Waals surface area (Å²) >= 11 is 0. The number of carbonyl (C=O) groups excluding carboxylic acids is 1. The van der Waals surface area contributed by atoms with Crippen LogP contribution in [0.3, 0.4) is 0 Å². The second-order valence-corrected chi connectivity index (χ2v) is 6.33. The summed E-state index contributed by atoms with van der Waals surface area (Å²) in [6, 6.07) is 8.97. The van der Waals surface area contributed by atoms with Gasteiger partial charge in [-0.25, -0.2) is 4.79 Å². The minimum absolute atomic E-state index is 0.0143. The first-order valence-electron chi connectivity index (χ1n) is 7.00. The summed E-state index contributed by atoms with van der Waals surface area (Å²) < 4.78 is 0. The topological polar surface area (TPSA) is 60.9 Å². The van der Waals surface area contributed by atoms with Gasteiger partial charge in [0.05, 0.1) is 6.42 Å². The highest BCUT2D eigenvalue weighted by Gasteiger charge is 2.23. The van der Waals surface area contributed by atoms with E-state index in [4.69, 9.17) is 5.11 Å². The Morgan fingerprint density at radius 3 is 2.19 bits per heavy atom. The van der Waals surface area contributed by atoms with E-state index in [1.807, 2.05) is 30.3 Å². The molecular weight excluding hydrogens is 268 g/mol. The van der Waals surface area contributed by atoms with Gasteiger partial charge in [0.1, 0.15) is 0 Å². The maximum absolute atomic E-state index is 12.6. The predicted molar refractivity (Wildman–Crippen MR) is 83.5 cm³/mol. The van der Waals surface area contributed by atoms with Crippen LogP contribution in [0, 0.1) is 5.41 Å². The fraction of sp³-hybridized carbons (Fsp3) is 0.500. The van der Waals surface area contributed by atoms with E-state index >= 15 is 0 Å². The number of hydrogen-bond acceptors (Lipinski definition) is 2.